The summed E-state index contributed by atoms with van der Waals surface area (Å²) in [6.45, 7) is 5.65. The van der Waals surface area contributed by atoms with Crippen molar-refractivity contribution in [3.63, 3.8) is 0 Å². The second-order valence-corrected chi connectivity index (χ2v) is 5.75. The van der Waals surface area contributed by atoms with E-state index in [4.69, 9.17) is 10.5 Å². The van der Waals surface area contributed by atoms with Crippen molar-refractivity contribution >= 4 is 15.9 Å². The van der Waals surface area contributed by atoms with Gasteiger partial charge in [0.1, 0.15) is 0 Å². The fourth-order valence-corrected chi connectivity index (χ4v) is 2.75. The van der Waals surface area contributed by atoms with Crippen LogP contribution in [0.2, 0.25) is 0 Å². The van der Waals surface area contributed by atoms with Crippen molar-refractivity contribution in [2.45, 2.75) is 25.5 Å². The van der Waals surface area contributed by atoms with Gasteiger partial charge in [-0.25, -0.2) is 0 Å². The molecular formula is C14H21BrN2O. The summed E-state index contributed by atoms with van der Waals surface area (Å²) < 4.78 is 6.80. The van der Waals surface area contributed by atoms with Gasteiger partial charge in [0.2, 0.25) is 0 Å². The third kappa shape index (κ3) is 3.54. The Morgan fingerprint density at radius 2 is 2.17 bits per heavy atom. The van der Waals surface area contributed by atoms with Gasteiger partial charge in [-0.05, 0) is 31.0 Å². The van der Waals surface area contributed by atoms with Gasteiger partial charge < -0.3 is 10.5 Å². The van der Waals surface area contributed by atoms with E-state index in [0.29, 0.717) is 12.6 Å². The quantitative estimate of drug-likeness (QED) is 0.932. The summed E-state index contributed by atoms with van der Waals surface area (Å²) in [5.74, 6) is 0. The molecule has 1 aromatic rings. The molecule has 0 bridgehead atoms. The minimum absolute atomic E-state index is 0.289. The van der Waals surface area contributed by atoms with Gasteiger partial charge in [0.15, 0.2) is 0 Å². The second kappa shape index (κ2) is 6.66. The van der Waals surface area contributed by atoms with Gasteiger partial charge in [-0.2, -0.15) is 0 Å². The summed E-state index contributed by atoms with van der Waals surface area (Å²) >= 11 is 3.47. The standard InChI is InChI=1S/C14H21BrN2O/c1-11-10-17(7-2-8-18-11)14(9-16)12-3-5-13(15)6-4-12/h3-6,11,14H,2,7-10,16H2,1H3. The lowest BCUT2D eigenvalue weighted by molar-refractivity contribution is 0.0612. The van der Waals surface area contributed by atoms with Crippen LogP contribution in [0.4, 0.5) is 0 Å². The highest BCUT2D eigenvalue weighted by Gasteiger charge is 2.23. The fraction of sp³-hybridized carbons (Fsp3) is 0.571. The average Bonchev–Trinajstić information content (AvgIpc) is 2.57. The first kappa shape index (κ1) is 14.0. The number of ether oxygens (including phenoxy) is 1. The molecule has 0 aliphatic carbocycles. The first-order chi connectivity index (χ1) is 8.70. The number of benzene rings is 1. The normalized spacial score (nSPS) is 23.6. The van der Waals surface area contributed by atoms with E-state index in [1.165, 1.54) is 5.56 Å². The van der Waals surface area contributed by atoms with Crippen molar-refractivity contribution in [3.05, 3.63) is 34.3 Å². The molecule has 1 aromatic carbocycles. The predicted octanol–water partition coefficient (Wildman–Crippen LogP) is 2.56. The van der Waals surface area contributed by atoms with Crippen molar-refractivity contribution in [1.29, 1.82) is 0 Å². The third-order valence-electron chi connectivity index (χ3n) is 3.40. The summed E-state index contributed by atoms with van der Waals surface area (Å²) in [5, 5.41) is 0. The number of rotatable bonds is 3. The molecule has 0 spiro atoms. The van der Waals surface area contributed by atoms with Crippen molar-refractivity contribution < 1.29 is 4.74 Å². The van der Waals surface area contributed by atoms with E-state index in [2.05, 4.69) is 52.0 Å². The fourth-order valence-electron chi connectivity index (χ4n) is 2.49. The first-order valence-electron chi connectivity index (χ1n) is 6.52. The summed E-state index contributed by atoms with van der Waals surface area (Å²) in [6, 6.07) is 8.75. The van der Waals surface area contributed by atoms with E-state index in [1.54, 1.807) is 0 Å². The van der Waals surface area contributed by atoms with Gasteiger partial charge in [0.05, 0.1) is 6.10 Å². The van der Waals surface area contributed by atoms with Crippen molar-refractivity contribution in [1.82, 2.24) is 4.90 Å². The average molecular weight is 313 g/mol. The van der Waals surface area contributed by atoms with Gasteiger partial charge in [-0.1, -0.05) is 28.1 Å². The number of nitrogens with zero attached hydrogens (tertiary/aromatic N) is 1. The van der Waals surface area contributed by atoms with Crippen LogP contribution in [0.15, 0.2) is 28.7 Å². The molecule has 1 saturated heterocycles. The summed E-state index contributed by atoms with van der Waals surface area (Å²) in [7, 11) is 0. The Labute approximate surface area is 117 Å². The Bertz CT molecular complexity index is 369. The maximum absolute atomic E-state index is 5.98. The van der Waals surface area contributed by atoms with Crippen LogP contribution in [0.25, 0.3) is 0 Å². The van der Waals surface area contributed by atoms with Crippen LogP contribution >= 0.6 is 15.9 Å². The number of nitrogens with two attached hydrogens (primary N) is 1. The molecule has 0 aromatic heterocycles. The molecule has 1 aliphatic heterocycles. The maximum Gasteiger partial charge on any atom is 0.0674 e. The molecule has 100 valence electrons. The van der Waals surface area contributed by atoms with E-state index in [-0.39, 0.29) is 6.10 Å². The van der Waals surface area contributed by atoms with Gasteiger partial charge >= 0.3 is 0 Å². The molecule has 1 fully saturated rings. The van der Waals surface area contributed by atoms with Crippen LogP contribution in [-0.2, 0) is 4.74 Å². The molecule has 2 rings (SSSR count). The van der Waals surface area contributed by atoms with Crippen LogP contribution in [0.1, 0.15) is 24.9 Å². The summed E-state index contributed by atoms with van der Waals surface area (Å²) in [4.78, 5) is 2.45. The van der Waals surface area contributed by atoms with E-state index in [1.807, 2.05) is 0 Å². The minimum atomic E-state index is 0.289. The SMILES string of the molecule is CC1CN(C(CN)c2ccc(Br)cc2)CCCO1. The van der Waals surface area contributed by atoms with Crippen molar-refractivity contribution in [3.8, 4) is 0 Å². The summed E-state index contributed by atoms with van der Waals surface area (Å²) in [5.41, 5.74) is 7.26. The smallest absolute Gasteiger partial charge is 0.0674 e. The lowest BCUT2D eigenvalue weighted by atomic mass is 10.0. The Kier molecular flexibility index (Phi) is 5.18. The molecule has 0 radical (unpaired) electrons. The molecule has 18 heavy (non-hydrogen) atoms. The molecule has 4 heteroatoms. The van der Waals surface area contributed by atoms with E-state index in [9.17, 15) is 0 Å². The van der Waals surface area contributed by atoms with Gasteiger partial charge in [0.25, 0.3) is 0 Å². The maximum atomic E-state index is 5.98. The van der Waals surface area contributed by atoms with E-state index >= 15 is 0 Å². The van der Waals surface area contributed by atoms with Crippen LogP contribution in [0.3, 0.4) is 0 Å². The Morgan fingerprint density at radius 1 is 1.44 bits per heavy atom. The zero-order chi connectivity index (χ0) is 13.0. The third-order valence-corrected chi connectivity index (χ3v) is 3.93. The number of hydrogen-bond donors (Lipinski definition) is 1. The lowest BCUT2D eigenvalue weighted by Crippen LogP contribution is -2.37. The molecule has 2 N–H and O–H groups in total. The summed E-state index contributed by atoms with van der Waals surface area (Å²) in [6.07, 6.45) is 1.37. The first-order valence-corrected chi connectivity index (χ1v) is 7.31. The van der Waals surface area contributed by atoms with Gasteiger partial charge in [-0.15, -0.1) is 0 Å². The van der Waals surface area contributed by atoms with E-state index in [0.717, 1.165) is 30.6 Å². The van der Waals surface area contributed by atoms with Crippen LogP contribution < -0.4 is 5.73 Å². The number of hydrogen-bond acceptors (Lipinski definition) is 3. The van der Waals surface area contributed by atoms with Crippen molar-refractivity contribution in [2.24, 2.45) is 5.73 Å². The molecule has 1 aliphatic rings. The minimum Gasteiger partial charge on any atom is -0.377 e. The zero-order valence-electron chi connectivity index (χ0n) is 10.8. The Morgan fingerprint density at radius 3 is 2.83 bits per heavy atom. The number of halogens is 1. The molecule has 1 heterocycles. The Hall–Kier alpha value is -0.420. The largest absolute Gasteiger partial charge is 0.377 e. The van der Waals surface area contributed by atoms with E-state index < -0.39 is 0 Å². The highest BCUT2D eigenvalue weighted by molar-refractivity contribution is 9.10. The molecular weight excluding hydrogens is 292 g/mol. The Balaban J connectivity index is 2.13. The molecule has 3 nitrogen and oxygen atoms in total. The van der Waals surface area contributed by atoms with Crippen LogP contribution in [-0.4, -0.2) is 37.2 Å². The topological polar surface area (TPSA) is 38.5 Å². The highest BCUT2D eigenvalue weighted by Crippen LogP contribution is 2.23. The van der Waals surface area contributed by atoms with Gasteiger partial charge in [-0.3, -0.25) is 4.90 Å². The predicted molar refractivity (Wildman–Crippen MR) is 77.5 cm³/mol. The molecule has 2 unspecified atom stereocenters. The molecule has 2 atom stereocenters. The van der Waals surface area contributed by atoms with Crippen molar-refractivity contribution in [2.75, 3.05) is 26.2 Å². The molecule has 0 amide bonds. The van der Waals surface area contributed by atoms with Gasteiger partial charge in [0, 0.05) is 36.8 Å². The van der Waals surface area contributed by atoms with Crippen LogP contribution in [0, 0.1) is 0 Å². The monoisotopic (exact) mass is 312 g/mol. The highest BCUT2D eigenvalue weighted by atomic mass is 79.9. The lowest BCUT2D eigenvalue weighted by Gasteiger charge is -2.31. The van der Waals surface area contributed by atoms with Crippen LogP contribution in [0.5, 0.6) is 0 Å². The molecule has 0 saturated carbocycles. The second-order valence-electron chi connectivity index (χ2n) is 4.83. The zero-order valence-corrected chi connectivity index (χ0v) is 12.4.